The molecule has 0 saturated heterocycles. The first kappa shape index (κ1) is 20.5. The molecule has 0 radical (unpaired) electrons. The minimum Gasteiger partial charge on any atom is -0.489 e. The van der Waals surface area contributed by atoms with Crippen LogP contribution in [0.1, 0.15) is 31.3 Å². The molecule has 2 aromatic rings. The number of hydrogen-bond donors (Lipinski definition) is 1. The fourth-order valence-electron chi connectivity index (χ4n) is 4.05. The van der Waals surface area contributed by atoms with Crippen LogP contribution >= 0.6 is 11.6 Å². The van der Waals surface area contributed by atoms with E-state index < -0.39 is 0 Å². The predicted molar refractivity (Wildman–Crippen MR) is 116 cm³/mol. The minimum absolute atomic E-state index is 0.0364. The summed E-state index contributed by atoms with van der Waals surface area (Å²) in [7, 11) is 0. The van der Waals surface area contributed by atoms with Gasteiger partial charge < -0.3 is 10.1 Å². The quantitative estimate of drug-likeness (QED) is 0.705. The van der Waals surface area contributed by atoms with Crippen molar-refractivity contribution in [2.75, 3.05) is 11.9 Å². The van der Waals surface area contributed by atoms with Gasteiger partial charge in [0.2, 0.25) is 5.91 Å². The van der Waals surface area contributed by atoms with Crippen molar-refractivity contribution in [2.45, 2.75) is 33.1 Å². The fourth-order valence-corrected chi connectivity index (χ4v) is 4.16. The highest BCUT2D eigenvalue weighted by molar-refractivity contribution is 6.30. The predicted octanol–water partition coefficient (Wildman–Crippen LogP) is 4.55. The average molecular weight is 425 g/mol. The summed E-state index contributed by atoms with van der Waals surface area (Å²) in [5.41, 5.74) is 0.566. The molecule has 6 nitrogen and oxygen atoms in total. The van der Waals surface area contributed by atoms with Crippen LogP contribution in [-0.2, 0) is 11.2 Å². The Kier molecular flexibility index (Phi) is 5.86. The first-order chi connectivity index (χ1) is 14.5. The van der Waals surface area contributed by atoms with E-state index in [-0.39, 0.29) is 23.2 Å². The van der Waals surface area contributed by atoms with Crippen LogP contribution < -0.4 is 10.1 Å². The lowest BCUT2D eigenvalue weighted by Gasteiger charge is -2.26. The summed E-state index contributed by atoms with van der Waals surface area (Å²) in [6, 6.07) is 3.42. The van der Waals surface area contributed by atoms with Gasteiger partial charge in [-0.1, -0.05) is 42.8 Å². The molecule has 1 N–H and O–H groups in total. The van der Waals surface area contributed by atoms with Crippen LogP contribution in [0.25, 0.3) is 0 Å². The van der Waals surface area contributed by atoms with Gasteiger partial charge in [-0.25, -0.2) is 15.0 Å². The molecule has 0 bridgehead atoms. The van der Waals surface area contributed by atoms with Crippen molar-refractivity contribution in [1.29, 1.82) is 0 Å². The van der Waals surface area contributed by atoms with E-state index in [4.69, 9.17) is 16.3 Å². The summed E-state index contributed by atoms with van der Waals surface area (Å²) in [6.45, 7) is 4.39. The maximum atomic E-state index is 13.0. The molecule has 30 heavy (non-hydrogen) atoms. The summed E-state index contributed by atoms with van der Waals surface area (Å²) in [5, 5.41) is 3.45. The molecule has 0 aliphatic heterocycles. The second-order valence-corrected chi connectivity index (χ2v) is 8.31. The highest BCUT2D eigenvalue weighted by Crippen LogP contribution is 2.60. The molecule has 0 spiro atoms. The van der Waals surface area contributed by atoms with Gasteiger partial charge in [-0.15, -0.1) is 0 Å². The third-order valence-electron chi connectivity index (χ3n) is 5.93. The van der Waals surface area contributed by atoms with Crippen molar-refractivity contribution >= 4 is 23.3 Å². The van der Waals surface area contributed by atoms with Crippen molar-refractivity contribution in [3.8, 4) is 5.75 Å². The van der Waals surface area contributed by atoms with Crippen LogP contribution in [0.3, 0.4) is 0 Å². The van der Waals surface area contributed by atoms with Crippen molar-refractivity contribution < 1.29 is 9.53 Å². The van der Waals surface area contributed by atoms with E-state index in [1.165, 1.54) is 6.20 Å². The zero-order chi connectivity index (χ0) is 21.1. The number of nitrogens with one attached hydrogen (secondary N) is 1. The van der Waals surface area contributed by atoms with Crippen molar-refractivity contribution in [3.05, 3.63) is 65.4 Å². The second kappa shape index (κ2) is 8.56. The zero-order valence-corrected chi connectivity index (χ0v) is 17.9. The van der Waals surface area contributed by atoms with Crippen molar-refractivity contribution in [2.24, 2.45) is 17.3 Å². The van der Waals surface area contributed by atoms with E-state index in [1.807, 2.05) is 26.0 Å². The first-order valence-corrected chi connectivity index (χ1v) is 10.6. The zero-order valence-electron chi connectivity index (χ0n) is 17.1. The van der Waals surface area contributed by atoms with Crippen LogP contribution in [0.4, 0.5) is 5.82 Å². The molecule has 1 fully saturated rings. The number of hydrogen-bond acceptors (Lipinski definition) is 5. The highest BCUT2D eigenvalue weighted by atomic mass is 35.5. The van der Waals surface area contributed by atoms with Crippen molar-refractivity contribution in [3.63, 3.8) is 0 Å². The van der Waals surface area contributed by atoms with Gasteiger partial charge in [-0.05, 0) is 37.8 Å². The Bertz CT molecular complexity index is 989. The first-order valence-electron chi connectivity index (χ1n) is 10.2. The smallest absolute Gasteiger partial charge is 0.229 e. The number of aromatic nitrogens is 3. The number of aryl methyl sites for hydroxylation is 2. The number of carbonyl (C=O) groups excluding carboxylic acids is 1. The molecule has 7 heteroatoms. The average Bonchev–Trinajstić information content (AvgIpc) is 3.51. The molecule has 1 saturated carbocycles. The summed E-state index contributed by atoms with van der Waals surface area (Å²) < 4.78 is 6.17. The Hall–Kier alpha value is -2.73. The lowest BCUT2D eigenvalue weighted by Crippen LogP contribution is -2.29. The van der Waals surface area contributed by atoms with Gasteiger partial charge in [-0.2, -0.15) is 0 Å². The Balaban J connectivity index is 1.49. The lowest BCUT2D eigenvalue weighted by molar-refractivity contribution is -0.118. The molecule has 156 valence electrons. The standard InChI is InChI=1S/C23H25ClN4O2/c1-3-20-26-13-19(15(2)27-20)30-14-23(16-7-5-4-6-8-16)11-18(23)22(29)28-21-10-9-17(24)12-25-21/h4-7,9-10,12-13,16,18H,3,8,11,14H2,1-2H3,(H,25,28,29)/t16?,18-,23+/m0/s1. The Morgan fingerprint density at radius 2 is 2.17 bits per heavy atom. The highest BCUT2D eigenvalue weighted by Gasteiger charge is 2.62. The number of carbonyl (C=O) groups is 1. The van der Waals surface area contributed by atoms with E-state index >= 15 is 0 Å². The van der Waals surface area contributed by atoms with E-state index in [9.17, 15) is 4.79 Å². The van der Waals surface area contributed by atoms with Gasteiger partial charge in [-0.3, -0.25) is 4.79 Å². The third kappa shape index (κ3) is 4.24. The van der Waals surface area contributed by atoms with Gasteiger partial charge in [0, 0.05) is 24.0 Å². The molecule has 2 aliphatic rings. The number of pyridine rings is 1. The maximum Gasteiger partial charge on any atom is 0.229 e. The molecule has 0 aromatic carbocycles. The van der Waals surface area contributed by atoms with E-state index in [2.05, 4.69) is 32.4 Å². The van der Waals surface area contributed by atoms with E-state index in [1.54, 1.807) is 18.3 Å². The molecule has 4 rings (SSSR count). The Labute approximate surface area is 181 Å². The topological polar surface area (TPSA) is 77.0 Å². The number of allylic oxidation sites excluding steroid dienone is 4. The number of rotatable bonds is 7. The Morgan fingerprint density at radius 1 is 1.30 bits per heavy atom. The van der Waals surface area contributed by atoms with Crippen molar-refractivity contribution in [1.82, 2.24) is 15.0 Å². The van der Waals surface area contributed by atoms with Crippen LogP contribution in [-0.4, -0.2) is 27.5 Å². The van der Waals surface area contributed by atoms with Crippen LogP contribution in [0, 0.1) is 24.2 Å². The molecule has 1 amide bonds. The summed E-state index contributed by atoms with van der Waals surface area (Å²) >= 11 is 5.89. The number of amides is 1. The fraction of sp³-hybridized carbons (Fsp3) is 0.391. The number of halogens is 1. The normalized spacial score (nSPS) is 24.5. The molecule has 3 atom stereocenters. The van der Waals surface area contributed by atoms with Gasteiger partial charge in [0.05, 0.1) is 23.5 Å². The van der Waals surface area contributed by atoms with Crippen LogP contribution in [0.15, 0.2) is 48.8 Å². The number of nitrogens with zero attached hydrogens (tertiary/aromatic N) is 3. The van der Waals surface area contributed by atoms with E-state index in [0.29, 0.717) is 23.2 Å². The van der Waals surface area contributed by atoms with Gasteiger partial charge in [0.15, 0.2) is 5.75 Å². The number of anilines is 1. The van der Waals surface area contributed by atoms with E-state index in [0.717, 1.165) is 30.8 Å². The van der Waals surface area contributed by atoms with Gasteiger partial charge >= 0.3 is 0 Å². The number of ether oxygens (including phenoxy) is 1. The SMILES string of the molecule is CCc1ncc(OC[C@@]2(C3C=CC=CC3)C[C@H]2C(=O)Nc2ccc(Cl)cn2)c(C)n1. The third-order valence-corrected chi connectivity index (χ3v) is 6.15. The largest absolute Gasteiger partial charge is 0.489 e. The van der Waals surface area contributed by atoms with Crippen LogP contribution in [0.5, 0.6) is 5.75 Å². The maximum absolute atomic E-state index is 13.0. The molecule has 2 heterocycles. The summed E-state index contributed by atoms with van der Waals surface area (Å²) in [6.07, 6.45) is 14.1. The Morgan fingerprint density at radius 3 is 2.83 bits per heavy atom. The molecule has 2 aromatic heterocycles. The van der Waals surface area contributed by atoms with Gasteiger partial charge in [0.1, 0.15) is 11.6 Å². The molecular formula is C23H25ClN4O2. The molecule has 1 unspecified atom stereocenters. The second-order valence-electron chi connectivity index (χ2n) is 7.87. The summed E-state index contributed by atoms with van der Waals surface area (Å²) in [5.74, 6) is 2.04. The van der Waals surface area contributed by atoms with Gasteiger partial charge in [0.25, 0.3) is 0 Å². The minimum atomic E-state index is -0.256. The molecular weight excluding hydrogens is 400 g/mol. The van der Waals surface area contributed by atoms with Crippen LogP contribution in [0.2, 0.25) is 5.02 Å². The lowest BCUT2D eigenvalue weighted by atomic mass is 9.82. The summed E-state index contributed by atoms with van der Waals surface area (Å²) in [4.78, 5) is 26.0. The monoisotopic (exact) mass is 424 g/mol. The molecule has 2 aliphatic carbocycles.